The zero-order chi connectivity index (χ0) is 16.1. The summed E-state index contributed by atoms with van der Waals surface area (Å²) < 4.78 is 13.5. The van der Waals surface area contributed by atoms with Gasteiger partial charge in [0, 0.05) is 19.7 Å². The van der Waals surface area contributed by atoms with E-state index in [4.69, 9.17) is 9.47 Å². The highest BCUT2D eigenvalue weighted by Gasteiger charge is 2.15. The molecule has 1 aliphatic rings. The number of anilines is 1. The van der Waals surface area contributed by atoms with Crippen molar-refractivity contribution in [3.05, 3.63) is 24.3 Å². The Morgan fingerprint density at radius 2 is 2.30 bits per heavy atom. The van der Waals surface area contributed by atoms with Crippen molar-refractivity contribution in [2.45, 2.75) is 45.1 Å². The van der Waals surface area contributed by atoms with Gasteiger partial charge in [-0.3, -0.25) is 0 Å². The van der Waals surface area contributed by atoms with E-state index >= 15 is 0 Å². The Kier molecular flexibility index (Phi) is 5.48. The number of imidazole rings is 1. The second-order valence-electron chi connectivity index (χ2n) is 5.97. The highest BCUT2D eigenvalue weighted by molar-refractivity contribution is 5.78. The molecule has 2 heterocycles. The number of hydrogen-bond acceptors (Lipinski definition) is 5. The van der Waals surface area contributed by atoms with Gasteiger partial charge in [0.2, 0.25) is 5.95 Å². The minimum absolute atomic E-state index is 0.0765. The van der Waals surface area contributed by atoms with Gasteiger partial charge in [-0.05, 0) is 38.3 Å². The van der Waals surface area contributed by atoms with Gasteiger partial charge < -0.3 is 24.5 Å². The number of ether oxygens (including phenoxy) is 2. The standard InChI is InChI=1S/C17H25N3O3/c1-13(21)12-18-17-19-14-6-2-3-7-15(14)20(17)9-11-23-16-8-4-5-10-22-16/h2-3,6-7,13,16,21H,4-5,8-12H2,1H3,(H,18,19)/t13-,16+/m1/s1. The average Bonchev–Trinajstić information content (AvgIpc) is 2.92. The van der Waals surface area contributed by atoms with Crippen molar-refractivity contribution < 1.29 is 14.6 Å². The van der Waals surface area contributed by atoms with Crippen molar-refractivity contribution >= 4 is 17.0 Å². The Bertz CT molecular complexity index is 621. The number of rotatable bonds is 7. The third kappa shape index (κ3) is 4.22. The third-order valence-electron chi connectivity index (χ3n) is 3.97. The molecule has 23 heavy (non-hydrogen) atoms. The summed E-state index contributed by atoms with van der Waals surface area (Å²) in [5, 5.41) is 12.7. The Morgan fingerprint density at radius 3 is 3.09 bits per heavy atom. The molecular weight excluding hydrogens is 294 g/mol. The molecule has 0 aliphatic carbocycles. The Labute approximate surface area is 136 Å². The number of aliphatic hydroxyl groups is 1. The third-order valence-corrected chi connectivity index (χ3v) is 3.97. The van der Waals surface area contributed by atoms with Crippen LogP contribution >= 0.6 is 0 Å². The molecule has 0 radical (unpaired) electrons. The molecule has 0 saturated carbocycles. The first-order chi connectivity index (χ1) is 11.2. The van der Waals surface area contributed by atoms with E-state index in [2.05, 4.69) is 14.9 Å². The molecule has 0 spiro atoms. The number of benzene rings is 1. The van der Waals surface area contributed by atoms with Crippen LogP contribution in [0.1, 0.15) is 26.2 Å². The van der Waals surface area contributed by atoms with Crippen LogP contribution in [0.25, 0.3) is 11.0 Å². The van der Waals surface area contributed by atoms with Gasteiger partial charge in [-0.15, -0.1) is 0 Å². The summed E-state index contributed by atoms with van der Waals surface area (Å²) in [6, 6.07) is 8.02. The fraction of sp³-hybridized carbons (Fsp3) is 0.588. The molecular formula is C17H25N3O3. The summed E-state index contributed by atoms with van der Waals surface area (Å²) in [7, 11) is 0. The van der Waals surface area contributed by atoms with Crippen LogP contribution < -0.4 is 5.32 Å². The van der Waals surface area contributed by atoms with E-state index in [1.165, 1.54) is 6.42 Å². The molecule has 2 aromatic rings. The highest BCUT2D eigenvalue weighted by Crippen LogP contribution is 2.20. The molecule has 126 valence electrons. The maximum atomic E-state index is 9.48. The second-order valence-corrected chi connectivity index (χ2v) is 5.97. The molecule has 3 rings (SSSR count). The fourth-order valence-corrected chi connectivity index (χ4v) is 2.79. The van der Waals surface area contributed by atoms with Crippen LogP contribution in [0.3, 0.4) is 0 Å². The van der Waals surface area contributed by atoms with Crippen molar-refractivity contribution in [3.8, 4) is 0 Å². The topological polar surface area (TPSA) is 68.5 Å². The lowest BCUT2D eigenvalue weighted by Gasteiger charge is -2.23. The van der Waals surface area contributed by atoms with Gasteiger partial charge in [-0.1, -0.05) is 12.1 Å². The zero-order valence-corrected chi connectivity index (χ0v) is 13.6. The van der Waals surface area contributed by atoms with Crippen molar-refractivity contribution in [1.29, 1.82) is 0 Å². The predicted molar refractivity (Wildman–Crippen MR) is 89.4 cm³/mol. The average molecular weight is 319 g/mol. The molecule has 2 atom stereocenters. The fourth-order valence-electron chi connectivity index (χ4n) is 2.79. The SMILES string of the molecule is C[C@@H](O)CNc1nc2ccccc2n1CCO[C@H]1CCCCO1. The summed E-state index contributed by atoms with van der Waals surface area (Å²) in [5.41, 5.74) is 2.00. The summed E-state index contributed by atoms with van der Waals surface area (Å²) >= 11 is 0. The van der Waals surface area contributed by atoms with Gasteiger partial charge in [-0.2, -0.15) is 0 Å². The Balaban J connectivity index is 1.67. The summed E-state index contributed by atoms with van der Waals surface area (Å²) in [5.74, 6) is 0.764. The number of para-hydroxylation sites is 2. The lowest BCUT2D eigenvalue weighted by Crippen LogP contribution is -2.24. The summed E-state index contributed by atoms with van der Waals surface area (Å²) in [4.78, 5) is 4.60. The number of aliphatic hydroxyl groups excluding tert-OH is 1. The van der Waals surface area contributed by atoms with Crippen molar-refractivity contribution in [2.24, 2.45) is 0 Å². The minimum Gasteiger partial charge on any atom is -0.392 e. The highest BCUT2D eigenvalue weighted by atomic mass is 16.7. The molecule has 1 aromatic heterocycles. The van der Waals surface area contributed by atoms with Crippen molar-refractivity contribution in [1.82, 2.24) is 9.55 Å². The normalized spacial score (nSPS) is 19.8. The molecule has 6 nitrogen and oxygen atoms in total. The summed E-state index contributed by atoms with van der Waals surface area (Å²) in [6.07, 6.45) is 2.76. The van der Waals surface area contributed by atoms with E-state index in [0.717, 1.165) is 36.4 Å². The molecule has 2 N–H and O–H groups in total. The number of nitrogens with zero attached hydrogens (tertiary/aromatic N) is 2. The van der Waals surface area contributed by atoms with Gasteiger partial charge in [0.1, 0.15) is 0 Å². The molecule has 0 bridgehead atoms. The lowest BCUT2D eigenvalue weighted by molar-refractivity contribution is -0.163. The smallest absolute Gasteiger partial charge is 0.204 e. The van der Waals surface area contributed by atoms with Crippen molar-refractivity contribution in [3.63, 3.8) is 0 Å². The number of hydrogen-bond donors (Lipinski definition) is 2. The second kappa shape index (κ2) is 7.77. The van der Waals surface area contributed by atoms with Crippen LogP contribution in [-0.4, -0.2) is 46.8 Å². The molecule has 6 heteroatoms. The number of fused-ring (bicyclic) bond motifs is 1. The van der Waals surface area contributed by atoms with Crippen LogP contribution in [0, 0.1) is 0 Å². The quantitative estimate of drug-likeness (QED) is 0.820. The Hall–Kier alpha value is -1.63. The van der Waals surface area contributed by atoms with Crippen LogP contribution in [0.5, 0.6) is 0 Å². The molecule has 0 unspecified atom stereocenters. The van der Waals surface area contributed by atoms with E-state index in [9.17, 15) is 5.11 Å². The first-order valence-electron chi connectivity index (χ1n) is 8.34. The Morgan fingerprint density at radius 1 is 1.43 bits per heavy atom. The van der Waals surface area contributed by atoms with E-state index in [1.807, 2.05) is 24.3 Å². The number of aromatic nitrogens is 2. The monoisotopic (exact) mass is 319 g/mol. The van der Waals surface area contributed by atoms with Crippen LogP contribution in [0.15, 0.2) is 24.3 Å². The van der Waals surface area contributed by atoms with E-state index in [-0.39, 0.29) is 6.29 Å². The minimum atomic E-state index is -0.421. The van der Waals surface area contributed by atoms with E-state index in [1.54, 1.807) is 6.92 Å². The van der Waals surface area contributed by atoms with Crippen LogP contribution in [-0.2, 0) is 16.0 Å². The van der Waals surface area contributed by atoms with Crippen LogP contribution in [0.4, 0.5) is 5.95 Å². The van der Waals surface area contributed by atoms with Gasteiger partial charge in [-0.25, -0.2) is 4.98 Å². The van der Waals surface area contributed by atoms with Gasteiger partial charge in [0.25, 0.3) is 0 Å². The maximum absolute atomic E-state index is 9.48. The lowest BCUT2D eigenvalue weighted by atomic mass is 10.2. The van der Waals surface area contributed by atoms with E-state index < -0.39 is 6.10 Å². The molecule has 1 fully saturated rings. The van der Waals surface area contributed by atoms with Crippen molar-refractivity contribution in [2.75, 3.05) is 25.1 Å². The molecule has 1 saturated heterocycles. The summed E-state index contributed by atoms with van der Waals surface area (Å²) in [6.45, 7) is 4.29. The predicted octanol–water partition coefficient (Wildman–Crippen LogP) is 2.37. The van der Waals surface area contributed by atoms with Gasteiger partial charge in [0.15, 0.2) is 6.29 Å². The molecule has 0 amide bonds. The van der Waals surface area contributed by atoms with E-state index in [0.29, 0.717) is 19.7 Å². The van der Waals surface area contributed by atoms with Gasteiger partial charge in [0.05, 0.1) is 23.7 Å². The molecule has 1 aliphatic heterocycles. The maximum Gasteiger partial charge on any atom is 0.204 e. The number of nitrogens with one attached hydrogen (secondary N) is 1. The molecule has 1 aromatic carbocycles. The largest absolute Gasteiger partial charge is 0.392 e. The van der Waals surface area contributed by atoms with Gasteiger partial charge >= 0.3 is 0 Å². The first kappa shape index (κ1) is 16.2. The zero-order valence-electron chi connectivity index (χ0n) is 13.6. The first-order valence-corrected chi connectivity index (χ1v) is 8.34. The van der Waals surface area contributed by atoms with Crippen LogP contribution in [0.2, 0.25) is 0 Å².